The third-order valence-electron chi connectivity index (χ3n) is 5.21. The van der Waals surface area contributed by atoms with Crippen molar-refractivity contribution in [2.45, 2.75) is 6.42 Å². The zero-order valence-corrected chi connectivity index (χ0v) is 18.1. The number of hydrogen-bond acceptors (Lipinski definition) is 7. The second kappa shape index (κ2) is 10.1. The van der Waals surface area contributed by atoms with Gasteiger partial charge in [0.05, 0.1) is 36.6 Å². The normalized spacial score (nSPS) is 14.5. The molecule has 0 saturated carbocycles. The average molecular weight is 446 g/mol. The highest BCUT2D eigenvalue weighted by molar-refractivity contribution is 6.31. The van der Waals surface area contributed by atoms with E-state index in [0.717, 1.165) is 62.4 Å². The lowest BCUT2D eigenvalue weighted by Gasteiger charge is -2.26. The number of anilines is 3. The monoisotopic (exact) mass is 445 g/mol. The summed E-state index contributed by atoms with van der Waals surface area (Å²) in [5.74, 6) is 0.824. The van der Waals surface area contributed by atoms with Gasteiger partial charge in [-0.2, -0.15) is 0 Å². The van der Waals surface area contributed by atoms with Crippen molar-refractivity contribution in [3.63, 3.8) is 0 Å². The Bertz CT molecular complexity index is 1050. The SMILES string of the molecule is COc1cc2c(Nc3ccc(F)c(Cl)c3)ncnc2cc1NCCCN1CCOCC1. The van der Waals surface area contributed by atoms with E-state index in [0.29, 0.717) is 17.3 Å². The minimum Gasteiger partial charge on any atom is -0.495 e. The summed E-state index contributed by atoms with van der Waals surface area (Å²) in [7, 11) is 1.64. The predicted molar refractivity (Wildman–Crippen MR) is 121 cm³/mol. The molecular weight excluding hydrogens is 421 g/mol. The van der Waals surface area contributed by atoms with Crippen LogP contribution in [0.5, 0.6) is 5.75 Å². The molecule has 1 aromatic heterocycles. The Morgan fingerprint density at radius 1 is 1.19 bits per heavy atom. The van der Waals surface area contributed by atoms with E-state index in [-0.39, 0.29) is 5.02 Å². The Labute approximate surface area is 185 Å². The molecule has 1 aliphatic rings. The fourth-order valence-electron chi connectivity index (χ4n) is 3.55. The highest BCUT2D eigenvalue weighted by Crippen LogP contribution is 2.33. The number of halogens is 2. The van der Waals surface area contributed by atoms with Gasteiger partial charge in [-0.05, 0) is 43.3 Å². The van der Waals surface area contributed by atoms with Crippen molar-refractivity contribution in [3.8, 4) is 5.75 Å². The lowest BCUT2D eigenvalue weighted by atomic mass is 10.1. The second-order valence-corrected chi connectivity index (χ2v) is 7.69. The number of benzene rings is 2. The fraction of sp³-hybridized carbons (Fsp3) is 0.364. The summed E-state index contributed by atoms with van der Waals surface area (Å²) in [5, 5.41) is 7.47. The van der Waals surface area contributed by atoms with Gasteiger partial charge in [-0.3, -0.25) is 4.90 Å². The zero-order chi connectivity index (χ0) is 21.6. The first-order chi connectivity index (χ1) is 15.1. The molecule has 0 bridgehead atoms. The van der Waals surface area contributed by atoms with Gasteiger partial charge in [0.15, 0.2) is 0 Å². The summed E-state index contributed by atoms with van der Waals surface area (Å²) in [4.78, 5) is 11.1. The molecule has 0 unspecified atom stereocenters. The quantitative estimate of drug-likeness (QED) is 0.500. The number of hydrogen-bond donors (Lipinski definition) is 2. The Balaban J connectivity index is 1.48. The van der Waals surface area contributed by atoms with Crippen LogP contribution in [-0.4, -0.2) is 61.4 Å². The molecule has 1 fully saturated rings. The van der Waals surface area contributed by atoms with Crippen LogP contribution in [0.1, 0.15) is 6.42 Å². The Morgan fingerprint density at radius 3 is 2.81 bits per heavy atom. The summed E-state index contributed by atoms with van der Waals surface area (Å²) in [6, 6.07) is 8.29. The first-order valence-electron chi connectivity index (χ1n) is 10.2. The van der Waals surface area contributed by atoms with E-state index in [9.17, 15) is 4.39 Å². The summed E-state index contributed by atoms with van der Waals surface area (Å²) in [6.07, 6.45) is 2.51. The number of methoxy groups -OCH3 is 1. The molecule has 164 valence electrons. The molecule has 2 N–H and O–H groups in total. The van der Waals surface area contributed by atoms with Gasteiger partial charge >= 0.3 is 0 Å². The summed E-state index contributed by atoms with van der Waals surface area (Å²) < 4.78 is 24.4. The maximum absolute atomic E-state index is 13.4. The van der Waals surface area contributed by atoms with Gasteiger partial charge in [-0.25, -0.2) is 14.4 Å². The van der Waals surface area contributed by atoms with Crippen LogP contribution in [0.3, 0.4) is 0 Å². The van der Waals surface area contributed by atoms with Crippen LogP contribution in [0.25, 0.3) is 10.9 Å². The molecule has 0 atom stereocenters. The second-order valence-electron chi connectivity index (χ2n) is 7.28. The number of ether oxygens (including phenoxy) is 2. The van der Waals surface area contributed by atoms with E-state index >= 15 is 0 Å². The number of aromatic nitrogens is 2. The van der Waals surface area contributed by atoms with E-state index in [1.807, 2.05) is 12.1 Å². The average Bonchev–Trinajstić information content (AvgIpc) is 2.79. The standard InChI is InChI=1S/C22H25ClFN5O2/c1-30-21-12-16-19(13-20(21)25-5-2-6-29-7-9-31-10-8-29)26-14-27-22(16)28-15-3-4-18(24)17(23)11-15/h3-4,11-14,25H,2,5-10H2,1H3,(H,26,27,28). The molecule has 1 saturated heterocycles. The molecular formula is C22H25ClFN5O2. The smallest absolute Gasteiger partial charge is 0.142 e. The van der Waals surface area contributed by atoms with Crippen molar-refractivity contribution < 1.29 is 13.9 Å². The molecule has 0 aliphatic carbocycles. The predicted octanol–water partition coefficient (Wildman–Crippen LogP) is 4.31. The maximum Gasteiger partial charge on any atom is 0.142 e. The van der Waals surface area contributed by atoms with Crippen molar-refractivity contribution >= 4 is 39.7 Å². The first-order valence-corrected chi connectivity index (χ1v) is 10.6. The Hall–Kier alpha value is -2.68. The number of morpholine rings is 1. The molecule has 0 spiro atoms. The van der Waals surface area contributed by atoms with E-state index < -0.39 is 5.82 Å². The van der Waals surface area contributed by atoms with Crippen molar-refractivity contribution in [1.82, 2.24) is 14.9 Å². The van der Waals surface area contributed by atoms with Crippen molar-refractivity contribution in [2.75, 3.05) is 57.1 Å². The molecule has 1 aliphatic heterocycles. The van der Waals surface area contributed by atoms with Crippen molar-refractivity contribution in [2.24, 2.45) is 0 Å². The zero-order valence-electron chi connectivity index (χ0n) is 17.3. The molecule has 2 aromatic carbocycles. The fourth-order valence-corrected chi connectivity index (χ4v) is 3.73. The van der Waals surface area contributed by atoms with Crippen LogP contribution in [-0.2, 0) is 4.74 Å². The lowest BCUT2D eigenvalue weighted by molar-refractivity contribution is 0.0378. The van der Waals surface area contributed by atoms with Gasteiger partial charge in [0, 0.05) is 30.7 Å². The van der Waals surface area contributed by atoms with Gasteiger partial charge in [-0.1, -0.05) is 11.6 Å². The number of rotatable bonds is 8. The summed E-state index contributed by atoms with van der Waals surface area (Å²) in [6.45, 7) is 5.46. The van der Waals surface area contributed by atoms with Crippen LogP contribution in [0.4, 0.5) is 21.6 Å². The topological polar surface area (TPSA) is 71.5 Å². The summed E-state index contributed by atoms with van der Waals surface area (Å²) >= 11 is 5.89. The molecule has 7 nitrogen and oxygen atoms in total. The minimum atomic E-state index is -0.467. The lowest BCUT2D eigenvalue weighted by Crippen LogP contribution is -2.37. The largest absolute Gasteiger partial charge is 0.495 e. The first kappa shape index (κ1) is 21.5. The van der Waals surface area contributed by atoms with Crippen LogP contribution in [0.2, 0.25) is 5.02 Å². The number of fused-ring (bicyclic) bond motifs is 1. The maximum atomic E-state index is 13.4. The Kier molecular flexibility index (Phi) is 7.01. The molecule has 2 heterocycles. The van der Waals surface area contributed by atoms with Crippen molar-refractivity contribution in [3.05, 3.63) is 47.5 Å². The van der Waals surface area contributed by atoms with Gasteiger partial charge in [0.2, 0.25) is 0 Å². The number of nitrogens with one attached hydrogen (secondary N) is 2. The van der Waals surface area contributed by atoms with Gasteiger partial charge in [0.25, 0.3) is 0 Å². The summed E-state index contributed by atoms with van der Waals surface area (Å²) in [5.41, 5.74) is 2.28. The molecule has 3 aromatic rings. The van der Waals surface area contributed by atoms with Crippen LogP contribution in [0.15, 0.2) is 36.7 Å². The van der Waals surface area contributed by atoms with Gasteiger partial charge < -0.3 is 20.1 Å². The molecule has 4 rings (SSSR count). The van der Waals surface area contributed by atoms with Gasteiger partial charge in [0.1, 0.15) is 23.7 Å². The molecule has 0 amide bonds. The van der Waals surface area contributed by atoms with Crippen molar-refractivity contribution in [1.29, 1.82) is 0 Å². The highest BCUT2D eigenvalue weighted by atomic mass is 35.5. The molecule has 9 heteroatoms. The Morgan fingerprint density at radius 2 is 2.03 bits per heavy atom. The van der Waals surface area contributed by atoms with Crippen LogP contribution >= 0.6 is 11.6 Å². The highest BCUT2D eigenvalue weighted by Gasteiger charge is 2.13. The van der Waals surface area contributed by atoms with Crippen LogP contribution in [0, 0.1) is 5.82 Å². The van der Waals surface area contributed by atoms with Crippen LogP contribution < -0.4 is 15.4 Å². The van der Waals surface area contributed by atoms with E-state index in [1.165, 1.54) is 18.5 Å². The molecule has 0 radical (unpaired) electrons. The van der Waals surface area contributed by atoms with E-state index in [2.05, 4.69) is 25.5 Å². The third-order valence-corrected chi connectivity index (χ3v) is 5.50. The number of nitrogens with zero attached hydrogens (tertiary/aromatic N) is 3. The van der Waals surface area contributed by atoms with E-state index in [4.69, 9.17) is 21.1 Å². The van der Waals surface area contributed by atoms with Gasteiger partial charge in [-0.15, -0.1) is 0 Å². The third kappa shape index (κ3) is 5.33. The molecule has 31 heavy (non-hydrogen) atoms. The van der Waals surface area contributed by atoms with E-state index in [1.54, 1.807) is 13.2 Å². The minimum absolute atomic E-state index is 0.0458.